The fourth-order valence-corrected chi connectivity index (χ4v) is 1.72. The van der Waals surface area contributed by atoms with Gasteiger partial charge in [0.05, 0.1) is 0 Å². The van der Waals surface area contributed by atoms with E-state index in [9.17, 15) is 0 Å². The molecule has 0 spiro atoms. The van der Waals surface area contributed by atoms with E-state index in [0.29, 0.717) is 0 Å². The summed E-state index contributed by atoms with van der Waals surface area (Å²) in [6, 6.07) is 17.0. The van der Waals surface area contributed by atoms with Gasteiger partial charge in [0, 0.05) is 12.2 Å². The number of benzene rings is 2. The van der Waals surface area contributed by atoms with E-state index in [4.69, 9.17) is 0 Å². The van der Waals surface area contributed by atoms with Gasteiger partial charge in [-0.15, -0.1) is 0 Å². The maximum absolute atomic E-state index is 3.37. The maximum Gasteiger partial charge on any atom is 0.0342 e. The highest BCUT2D eigenvalue weighted by Gasteiger charge is 1.89. The van der Waals surface area contributed by atoms with Crippen molar-refractivity contribution >= 4 is 11.8 Å². The molecule has 0 aliphatic carbocycles. The standard InChI is InChI=1S/C17H19N/c1-14-5-9-16(10-6-14)4-3-13-18-17-11-7-15(2)8-12-17/h3-12,18H,13H2,1-2H3/b4-3+. The second-order valence-corrected chi connectivity index (χ2v) is 4.56. The molecule has 0 radical (unpaired) electrons. The fraction of sp³-hybridized carbons (Fsp3) is 0.176. The highest BCUT2D eigenvalue weighted by molar-refractivity contribution is 5.51. The normalized spacial score (nSPS) is 10.8. The van der Waals surface area contributed by atoms with E-state index in [2.05, 4.69) is 79.8 Å². The molecule has 0 saturated heterocycles. The third kappa shape index (κ3) is 3.77. The zero-order valence-electron chi connectivity index (χ0n) is 11.0. The van der Waals surface area contributed by atoms with Crippen molar-refractivity contribution in [1.82, 2.24) is 0 Å². The Morgan fingerprint density at radius 1 is 0.833 bits per heavy atom. The van der Waals surface area contributed by atoms with Gasteiger partial charge in [-0.25, -0.2) is 0 Å². The Hall–Kier alpha value is -2.02. The van der Waals surface area contributed by atoms with Gasteiger partial charge in [0.15, 0.2) is 0 Å². The molecule has 0 aromatic heterocycles. The van der Waals surface area contributed by atoms with E-state index >= 15 is 0 Å². The number of aryl methyl sites for hydroxylation is 2. The van der Waals surface area contributed by atoms with Crippen molar-refractivity contribution in [2.75, 3.05) is 11.9 Å². The molecule has 0 bridgehead atoms. The number of nitrogens with one attached hydrogen (secondary N) is 1. The molecule has 0 atom stereocenters. The molecule has 18 heavy (non-hydrogen) atoms. The summed E-state index contributed by atoms with van der Waals surface area (Å²) in [4.78, 5) is 0. The van der Waals surface area contributed by atoms with Gasteiger partial charge < -0.3 is 5.32 Å². The average Bonchev–Trinajstić information content (AvgIpc) is 2.39. The van der Waals surface area contributed by atoms with Gasteiger partial charge in [0.25, 0.3) is 0 Å². The van der Waals surface area contributed by atoms with E-state index in [1.807, 2.05) is 0 Å². The molecule has 0 aliphatic heterocycles. The molecule has 1 N–H and O–H groups in total. The highest BCUT2D eigenvalue weighted by atomic mass is 14.8. The summed E-state index contributed by atoms with van der Waals surface area (Å²) in [5, 5.41) is 3.37. The highest BCUT2D eigenvalue weighted by Crippen LogP contribution is 2.08. The minimum atomic E-state index is 0.844. The first-order chi connectivity index (χ1) is 8.74. The minimum Gasteiger partial charge on any atom is -0.382 e. The molecular weight excluding hydrogens is 218 g/mol. The van der Waals surface area contributed by atoms with Gasteiger partial charge in [0.2, 0.25) is 0 Å². The van der Waals surface area contributed by atoms with Crippen LogP contribution in [-0.4, -0.2) is 6.54 Å². The Labute approximate surface area is 109 Å². The molecule has 0 aliphatic rings. The van der Waals surface area contributed by atoms with Crippen LogP contribution in [0.2, 0.25) is 0 Å². The lowest BCUT2D eigenvalue weighted by Crippen LogP contribution is -1.97. The molecule has 1 heteroatoms. The van der Waals surface area contributed by atoms with E-state index in [1.165, 1.54) is 16.7 Å². The molecular formula is C17H19N. The molecule has 0 unspecified atom stereocenters. The first kappa shape index (κ1) is 12.4. The van der Waals surface area contributed by atoms with Crippen molar-refractivity contribution in [3.8, 4) is 0 Å². The first-order valence-electron chi connectivity index (χ1n) is 6.28. The molecule has 2 aromatic carbocycles. The SMILES string of the molecule is Cc1ccc(/C=C/CNc2ccc(C)cc2)cc1. The lowest BCUT2D eigenvalue weighted by molar-refractivity contribution is 1.33. The molecule has 1 nitrogen and oxygen atoms in total. The van der Waals surface area contributed by atoms with Crippen LogP contribution < -0.4 is 5.32 Å². The zero-order valence-corrected chi connectivity index (χ0v) is 11.0. The van der Waals surface area contributed by atoms with Crippen LogP contribution in [0.15, 0.2) is 54.6 Å². The summed E-state index contributed by atoms with van der Waals surface area (Å²) in [6.07, 6.45) is 4.28. The van der Waals surface area contributed by atoms with E-state index in [-0.39, 0.29) is 0 Å². The smallest absolute Gasteiger partial charge is 0.0342 e. The van der Waals surface area contributed by atoms with Crippen molar-refractivity contribution in [2.45, 2.75) is 13.8 Å². The second kappa shape index (κ2) is 6.06. The Morgan fingerprint density at radius 3 is 2.00 bits per heavy atom. The van der Waals surface area contributed by atoms with Gasteiger partial charge in [0.1, 0.15) is 0 Å². The monoisotopic (exact) mass is 237 g/mol. The Bertz CT molecular complexity index is 506. The summed E-state index contributed by atoms with van der Waals surface area (Å²) in [5.41, 5.74) is 4.99. The largest absolute Gasteiger partial charge is 0.382 e. The zero-order chi connectivity index (χ0) is 12.8. The summed E-state index contributed by atoms with van der Waals surface area (Å²) < 4.78 is 0. The van der Waals surface area contributed by atoms with Crippen LogP contribution in [0.3, 0.4) is 0 Å². The minimum absolute atomic E-state index is 0.844. The summed E-state index contributed by atoms with van der Waals surface area (Å²) >= 11 is 0. The van der Waals surface area contributed by atoms with Crippen molar-refractivity contribution in [2.24, 2.45) is 0 Å². The maximum atomic E-state index is 3.37. The van der Waals surface area contributed by atoms with Crippen LogP contribution in [0.25, 0.3) is 6.08 Å². The number of anilines is 1. The van der Waals surface area contributed by atoms with Crippen LogP contribution in [0.1, 0.15) is 16.7 Å². The fourth-order valence-electron chi connectivity index (χ4n) is 1.72. The molecule has 2 rings (SSSR count). The first-order valence-corrected chi connectivity index (χ1v) is 6.28. The van der Waals surface area contributed by atoms with Gasteiger partial charge in [-0.1, -0.05) is 59.7 Å². The lowest BCUT2D eigenvalue weighted by atomic mass is 10.1. The molecule has 2 aromatic rings. The van der Waals surface area contributed by atoms with E-state index in [1.54, 1.807) is 0 Å². The summed E-state index contributed by atoms with van der Waals surface area (Å²) in [5.74, 6) is 0. The van der Waals surface area contributed by atoms with Crippen LogP contribution in [0, 0.1) is 13.8 Å². The topological polar surface area (TPSA) is 12.0 Å². The third-order valence-corrected chi connectivity index (χ3v) is 2.86. The molecule has 0 fully saturated rings. The van der Waals surface area contributed by atoms with Crippen molar-refractivity contribution in [3.05, 3.63) is 71.3 Å². The number of rotatable bonds is 4. The van der Waals surface area contributed by atoms with Gasteiger partial charge >= 0.3 is 0 Å². The van der Waals surface area contributed by atoms with Crippen molar-refractivity contribution < 1.29 is 0 Å². The van der Waals surface area contributed by atoms with E-state index < -0.39 is 0 Å². The summed E-state index contributed by atoms with van der Waals surface area (Å²) in [7, 11) is 0. The van der Waals surface area contributed by atoms with E-state index in [0.717, 1.165) is 12.2 Å². The predicted octanol–water partition coefficient (Wildman–Crippen LogP) is 4.43. The van der Waals surface area contributed by atoms with Crippen molar-refractivity contribution in [1.29, 1.82) is 0 Å². The number of hydrogen-bond donors (Lipinski definition) is 1. The van der Waals surface area contributed by atoms with Crippen molar-refractivity contribution in [3.63, 3.8) is 0 Å². The predicted molar refractivity (Wildman–Crippen MR) is 79.9 cm³/mol. The lowest BCUT2D eigenvalue weighted by Gasteiger charge is -2.03. The number of hydrogen-bond acceptors (Lipinski definition) is 1. The third-order valence-electron chi connectivity index (χ3n) is 2.86. The van der Waals surface area contributed by atoms with Gasteiger partial charge in [-0.2, -0.15) is 0 Å². The quantitative estimate of drug-likeness (QED) is 0.829. The van der Waals surface area contributed by atoms with Crippen LogP contribution in [0.5, 0.6) is 0 Å². The van der Waals surface area contributed by atoms with Crippen LogP contribution >= 0.6 is 0 Å². The Balaban J connectivity index is 1.84. The average molecular weight is 237 g/mol. The summed E-state index contributed by atoms with van der Waals surface area (Å²) in [6.45, 7) is 5.05. The second-order valence-electron chi connectivity index (χ2n) is 4.56. The van der Waals surface area contributed by atoms with Gasteiger partial charge in [-0.05, 0) is 31.5 Å². The van der Waals surface area contributed by atoms with Crippen LogP contribution in [0.4, 0.5) is 5.69 Å². The Morgan fingerprint density at radius 2 is 1.39 bits per heavy atom. The molecule has 0 amide bonds. The van der Waals surface area contributed by atoms with Crippen LogP contribution in [-0.2, 0) is 0 Å². The molecule has 0 saturated carbocycles. The molecule has 92 valence electrons. The van der Waals surface area contributed by atoms with Gasteiger partial charge in [-0.3, -0.25) is 0 Å². The Kier molecular flexibility index (Phi) is 4.19. The molecule has 0 heterocycles.